The summed E-state index contributed by atoms with van der Waals surface area (Å²) in [5.74, 6) is 1.59. The highest BCUT2D eigenvalue weighted by Crippen LogP contribution is 2.34. The Morgan fingerprint density at radius 3 is 2.42 bits per heavy atom. The molecule has 3 aromatic carbocycles. The van der Waals surface area contributed by atoms with E-state index >= 15 is 0 Å². The molecule has 5 aromatic rings. The van der Waals surface area contributed by atoms with Crippen LogP contribution in [0.3, 0.4) is 0 Å². The first kappa shape index (κ1) is 23.0. The van der Waals surface area contributed by atoms with Gasteiger partial charge in [0.2, 0.25) is 0 Å². The Labute approximate surface area is 221 Å². The Bertz CT molecular complexity index is 1870. The van der Waals surface area contributed by atoms with E-state index in [4.69, 9.17) is 4.98 Å². The van der Waals surface area contributed by atoms with Gasteiger partial charge in [-0.25, -0.2) is 4.98 Å². The highest BCUT2D eigenvalue weighted by atomic mass is 15.2. The summed E-state index contributed by atoms with van der Waals surface area (Å²) < 4.78 is 2.15. The van der Waals surface area contributed by atoms with E-state index in [2.05, 4.69) is 45.9 Å². The van der Waals surface area contributed by atoms with Crippen LogP contribution in [0.4, 0.5) is 5.82 Å². The number of allylic oxidation sites excluding steroid dienone is 5. The Hall–Kier alpha value is -5.39. The van der Waals surface area contributed by atoms with Gasteiger partial charge in [0.25, 0.3) is 0 Å². The number of pyridine rings is 1. The van der Waals surface area contributed by atoms with Crippen molar-refractivity contribution in [2.24, 2.45) is 0 Å². The quantitative estimate of drug-likeness (QED) is 0.265. The first-order valence-electron chi connectivity index (χ1n) is 12.4. The Morgan fingerprint density at radius 2 is 1.61 bits per heavy atom. The van der Waals surface area contributed by atoms with E-state index in [1.807, 2.05) is 92.0 Å². The predicted molar refractivity (Wildman–Crippen MR) is 153 cm³/mol. The largest absolute Gasteiger partial charge is 0.332 e. The van der Waals surface area contributed by atoms with Crippen LogP contribution in [0.1, 0.15) is 17.5 Å². The minimum absolute atomic E-state index is 0.621. The fourth-order valence-electron chi connectivity index (χ4n) is 5.10. The number of hydrogen-bond acceptors (Lipinski definition) is 4. The molecular weight excluding hydrogens is 466 g/mol. The summed E-state index contributed by atoms with van der Waals surface area (Å²) in [4.78, 5) is 7.22. The van der Waals surface area contributed by atoms with E-state index in [0.717, 1.165) is 50.3 Å². The lowest BCUT2D eigenvalue weighted by Crippen LogP contribution is -2.19. The summed E-state index contributed by atoms with van der Waals surface area (Å²) in [5, 5.41) is 21.2. The number of rotatable bonds is 4. The summed E-state index contributed by atoms with van der Waals surface area (Å²) in [5.41, 5.74) is 6.40. The van der Waals surface area contributed by atoms with E-state index in [-0.39, 0.29) is 0 Å². The van der Waals surface area contributed by atoms with Crippen molar-refractivity contribution in [2.45, 2.75) is 6.42 Å². The molecule has 0 aliphatic heterocycles. The van der Waals surface area contributed by atoms with Crippen molar-refractivity contribution in [1.29, 1.82) is 10.5 Å². The van der Waals surface area contributed by atoms with Crippen molar-refractivity contribution < 1.29 is 0 Å². The zero-order chi connectivity index (χ0) is 26.1. The fourth-order valence-corrected chi connectivity index (χ4v) is 5.10. The maximum Gasteiger partial charge on any atom is 0.140 e. The van der Waals surface area contributed by atoms with Crippen molar-refractivity contribution in [3.63, 3.8) is 0 Å². The number of nitrogens with zero attached hydrogens (tertiary/aromatic N) is 5. The summed E-state index contributed by atoms with van der Waals surface area (Å²) >= 11 is 0. The van der Waals surface area contributed by atoms with E-state index in [0.29, 0.717) is 17.6 Å². The zero-order valence-corrected chi connectivity index (χ0v) is 20.8. The lowest BCUT2D eigenvalue weighted by atomic mass is 10.0. The van der Waals surface area contributed by atoms with Gasteiger partial charge in [-0.2, -0.15) is 10.5 Å². The molecule has 6 rings (SSSR count). The number of benzene rings is 3. The second-order valence-corrected chi connectivity index (χ2v) is 9.15. The molecule has 0 fully saturated rings. The third kappa shape index (κ3) is 3.93. The van der Waals surface area contributed by atoms with Crippen LogP contribution in [0.5, 0.6) is 0 Å². The molecule has 2 heterocycles. The molecule has 0 amide bonds. The summed E-state index contributed by atoms with van der Waals surface area (Å²) in [7, 11) is 2.02. The van der Waals surface area contributed by atoms with Crippen LogP contribution in [0.25, 0.3) is 33.2 Å². The van der Waals surface area contributed by atoms with Gasteiger partial charge >= 0.3 is 0 Å². The fraction of sp³-hybridized carbons (Fsp3) is 0.0606. The van der Waals surface area contributed by atoms with Crippen molar-refractivity contribution in [3.05, 3.63) is 132 Å². The molecule has 2 aromatic heterocycles. The monoisotopic (exact) mass is 489 g/mol. The molecule has 38 heavy (non-hydrogen) atoms. The first-order valence-corrected chi connectivity index (χ1v) is 12.4. The van der Waals surface area contributed by atoms with Crippen LogP contribution in [0, 0.1) is 22.7 Å². The Kier molecular flexibility index (Phi) is 5.81. The van der Waals surface area contributed by atoms with Crippen LogP contribution >= 0.6 is 0 Å². The molecule has 0 saturated heterocycles. The smallest absolute Gasteiger partial charge is 0.140 e. The highest BCUT2D eigenvalue weighted by Gasteiger charge is 2.18. The molecule has 0 saturated carbocycles. The molecule has 0 atom stereocenters. The van der Waals surface area contributed by atoms with Crippen molar-refractivity contribution in [2.75, 3.05) is 11.9 Å². The zero-order valence-electron chi connectivity index (χ0n) is 20.8. The van der Waals surface area contributed by atoms with Gasteiger partial charge in [0.05, 0.1) is 34.3 Å². The van der Waals surface area contributed by atoms with E-state index in [1.54, 1.807) is 0 Å². The van der Waals surface area contributed by atoms with Crippen molar-refractivity contribution in [1.82, 2.24) is 9.55 Å². The van der Waals surface area contributed by atoms with Crippen LogP contribution < -0.4 is 4.90 Å². The SMILES string of the molecule is CN(C1=C(c2ccccc2)C=C(C#N)C=CC1)c1cccc(-n2c3ccccc3c3cc(C#N)ccc32)n1. The van der Waals surface area contributed by atoms with E-state index in [1.165, 1.54) is 0 Å². The van der Waals surface area contributed by atoms with Gasteiger partial charge in [0.1, 0.15) is 11.6 Å². The molecule has 180 valence electrons. The molecular formula is C33H23N5. The molecule has 0 bridgehead atoms. The molecule has 1 aliphatic carbocycles. The van der Waals surface area contributed by atoms with Gasteiger partial charge in [-0.3, -0.25) is 4.57 Å². The van der Waals surface area contributed by atoms with Gasteiger partial charge < -0.3 is 4.90 Å². The van der Waals surface area contributed by atoms with Crippen LogP contribution in [-0.2, 0) is 0 Å². The number of hydrogen-bond donors (Lipinski definition) is 0. The van der Waals surface area contributed by atoms with Gasteiger partial charge in [-0.1, -0.05) is 60.7 Å². The average molecular weight is 490 g/mol. The summed E-state index contributed by atoms with van der Waals surface area (Å²) in [6.07, 6.45) is 6.52. The van der Waals surface area contributed by atoms with Gasteiger partial charge in [0.15, 0.2) is 0 Å². The van der Waals surface area contributed by atoms with Gasteiger partial charge in [-0.05, 0) is 54.1 Å². The second-order valence-electron chi connectivity index (χ2n) is 9.15. The average Bonchev–Trinajstić information content (AvgIpc) is 3.14. The molecule has 0 spiro atoms. The minimum Gasteiger partial charge on any atom is -0.332 e. The Morgan fingerprint density at radius 1 is 0.816 bits per heavy atom. The van der Waals surface area contributed by atoms with E-state index < -0.39 is 0 Å². The number of aromatic nitrogens is 2. The molecule has 0 radical (unpaired) electrons. The number of para-hydroxylation sites is 1. The van der Waals surface area contributed by atoms with Crippen molar-refractivity contribution in [3.8, 4) is 18.0 Å². The van der Waals surface area contributed by atoms with E-state index in [9.17, 15) is 10.5 Å². The van der Waals surface area contributed by atoms with Crippen LogP contribution in [-0.4, -0.2) is 16.6 Å². The second kappa shape index (κ2) is 9.58. The lowest BCUT2D eigenvalue weighted by molar-refractivity contribution is 0.979. The molecule has 0 unspecified atom stereocenters. The van der Waals surface area contributed by atoms with Crippen LogP contribution in [0.15, 0.2) is 120 Å². The van der Waals surface area contributed by atoms with Gasteiger partial charge in [0, 0.05) is 35.5 Å². The minimum atomic E-state index is 0.621. The normalized spacial score (nSPS) is 13.2. The first-order chi connectivity index (χ1) is 18.7. The lowest BCUT2D eigenvalue weighted by Gasteiger charge is -2.24. The molecule has 5 heteroatoms. The maximum atomic E-state index is 9.63. The van der Waals surface area contributed by atoms with Crippen molar-refractivity contribution >= 4 is 33.2 Å². The third-order valence-electron chi connectivity index (χ3n) is 6.93. The maximum absolute atomic E-state index is 9.63. The summed E-state index contributed by atoms with van der Waals surface area (Å²) in [6.45, 7) is 0. The summed E-state index contributed by atoms with van der Waals surface area (Å²) in [6, 6.07) is 34.7. The highest BCUT2D eigenvalue weighted by molar-refractivity contribution is 6.09. The molecule has 5 nitrogen and oxygen atoms in total. The standard InChI is InChI=1S/C33H23N5/c1-37(29-14-7-9-23(21-34)19-27(29)25-10-3-2-4-11-25)32-15-8-16-33(36-32)38-30-13-6-5-12-26(30)28-20-24(22-35)17-18-31(28)38/h2-13,15-20H,14H2,1H3. The third-order valence-corrected chi connectivity index (χ3v) is 6.93. The van der Waals surface area contributed by atoms with Crippen LogP contribution in [0.2, 0.25) is 0 Å². The van der Waals surface area contributed by atoms with Gasteiger partial charge in [-0.15, -0.1) is 0 Å². The molecule has 1 aliphatic rings. The predicted octanol–water partition coefficient (Wildman–Crippen LogP) is 7.31. The number of anilines is 1. The molecule has 0 N–H and O–H groups in total. The Balaban J connectivity index is 1.52. The topological polar surface area (TPSA) is 68.6 Å². The number of nitriles is 2. The number of fused-ring (bicyclic) bond motifs is 3.